The van der Waals surface area contributed by atoms with Gasteiger partial charge in [-0.1, -0.05) is 36.3 Å². The number of hydrogen-bond acceptors (Lipinski definition) is 5. The molecule has 0 saturated heterocycles. The zero-order valence-electron chi connectivity index (χ0n) is 15.1. The third-order valence-corrected chi connectivity index (χ3v) is 4.63. The molecule has 4 rings (SSSR count). The van der Waals surface area contributed by atoms with Gasteiger partial charge in [-0.2, -0.15) is 5.10 Å². The Morgan fingerprint density at radius 1 is 1.07 bits per heavy atom. The molecule has 0 spiro atoms. The van der Waals surface area contributed by atoms with Crippen molar-refractivity contribution in [3.05, 3.63) is 82.9 Å². The van der Waals surface area contributed by atoms with Crippen molar-refractivity contribution in [2.45, 2.75) is 26.2 Å². The molecule has 0 unspecified atom stereocenters. The third-order valence-electron chi connectivity index (χ3n) is 4.63. The fourth-order valence-corrected chi connectivity index (χ4v) is 3.15. The number of aromatic amines is 1. The van der Waals surface area contributed by atoms with Crippen molar-refractivity contribution in [2.75, 3.05) is 5.73 Å². The first-order valence-electron chi connectivity index (χ1n) is 8.98. The number of aromatic nitrogens is 4. The summed E-state index contributed by atoms with van der Waals surface area (Å²) in [5, 5.41) is 11.4. The number of aryl methyl sites for hydroxylation is 1. The van der Waals surface area contributed by atoms with Crippen LogP contribution in [0.25, 0.3) is 11.3 Å². The molecule has 3 heterocycles. The van der Waals surface area contributed by atoms with Gasteiger partial charge in [-0.3, -0.25) is 5.10 Å². The van der Waals surface area contributed by atoms with Gasteiger partial charge in [-0.25, -0.2) is 4.98 Å². The second kappa shape index (κ2) is 7.45. The molecular formula is C21H21N5O. The molecule has 0 atom stereocenters. The second-order valence-corrected chi connectivity index (χ2v) is 6.52. The van der Waals surface area contributed by atoms with E-state index in [1.54, 1.807) is 6.20 Å². The minimum absolute atomic E-state index is 0.440. The number of nitrogens with one attached hydrogen (secondary N) is 1. The van der Waals surface area contributed by atoms with Gasteiger partial charge in [0.25, 0.3) is 0 Å². The largest absolute Gasteiger partial charge is 0.383 e. The van der Waals surface area contributed by atoms with Crippen LogP contribution in [-0.4, -0.2) is 20.3 Å². The first-order valence-corrected chi connectivity index (χ1v) is 8.98. The molecule has 0 fully saturated rings. The standard InChI is InChI=1S/C21H21N5O/c1-2-19-16(13-24-25-19)10-14-5-7-15(8-6-14)11-17-12-20(27-26-17)18-4-3-9-23-21(18)22/h3-9,12-13H,2,10-11H2,1H3,(H2,22,23)(H,24,25). The quantitative estimate of drug-likeness (QED) is 0.546. The van der Waals surface area contributed by atoms with Gasteiger partial charge in [0, 0.05) is 30.8 Å². The normalized spacial score (nSPS) is 11.0. The van der Waals surface area contributed by atoms with Crippen molar-refractivity contribution in [3.8, 4) is 11.3 Å². The van der Waals surface area contributed by atoms with Crippen LogP contribution in [0, 0.1) is 0 Å². The van der Waals surface area contributed by atoms with E-state index in [-0.39, 0.29) is 0 Å². The molecule has 4 aromatic rings. The highest BCUT2D eigenvalue weighted by Crippen LogP contribution is 2.25. The highest BCUT2D eigenvalue weighted by Gasteiger charge is 2.11. The molecule has 1 aromatic carbocycles. The van der Waals surface area contributed by atoms with E-state index in [1.165, 1.54) is 22.4 Å². The van der Waals surface area contributed by atoms with Crippen molar-refractivity contribution < 1.29 is 4.52 Å². The monoisotopic (exact) mass is 359 g/mol. The predicted molar refractivity (Wildman–Crippen MR) is 104 cm³/mol. The fourth-order valence-electron chi connectivity index (χ4n) is 3.15. The Bertz CT molecular complexity index is 1030. The summed E-state index contributed by atoms with van der Waals surface area (Å²) in [7, 11) is 0. The SMILES string of the molecule is CCc1[nH]ncc1Cc1ccc(Cc2cc(-c3cccnc3N)on2)cc1. The van der Waals surface area contributed by atoms with Gasteiger partial charge >= 0.3 is 0 Å². The van der Waals surface area contributed by atoms with Crippen LogP contribution in [0.2, 0.25) is 0 Å². The van der Waals surface area contributed by atoms with E-state index in [0.29, 0.717) is 18.0 Å². The van der Waals surface area contributed by atoms with Crippen molar-refractivity contribution in [2.24, 2.45) is 0 Å². The van der Waals surface area contributed by atoms with E-state index in [2.05, 4.69) is 51.5 Å². The van der Waals surface area contributed by atoms with Crippen molar-refractivity contribution >= 4 is 5.82 Å². The van der Waals surface area contributed by atoms with E-state index >= 15 is 0 Å². The number of nitrogens with two attached hydrogens (primary N) is 1. The maximum absolute atomic E-state index is 5.90. The summed E-state index contributed by atoms with van der Waals surface area (Å²) in [4.78, 5) is 4.08. The van der Waals surface area contributed by atoms with E-state index in [1.807, 2.05) is 24.4 Å². The summed E-state index contributed by atoms with van der Waals surface area (Å²) < 4.78 is 5.44. The van der Waals surface area contributed by atoms with E-state index in [9.17, 15) is 0 Å². The number of hydrogen-bond donors (Lipinski definition) is 2. The maximum atomic E-state index is 5.90. The number of nitrogens with zero attached hydrogens (tertiary/aromatic N) is 3. The van der Waals surface area contributed by atoms with E-state index in [0.717, 1.165) is 24.1 Å². The molecule has 0 radical (unpaired) electrons. The molecule has 0 aliphatic rings. The van der Waals surface area contributed by atoms with Crippen LogP contribution in [0.3, 0.4) is 0 Å². The predicted octanol–water partition coefficient (Wildman–Crippen LogP) is 3.79. The average Bonchev–Trinajstić information content (AvgIpc) is 3.33. The molecule has 0 aliphatic heterocycles. The molecule has 27 heavy (non-hydrogen) atoms. The Hall–Kier alpha value is -3.41. The number of pyridine rings is 1. The van der Waals surface area contributed by atoms with Gasteiger partial charge in [-0.15, -0.1) is 0 Å². The Morgan fingerprint density at radius 3 is 2.59 bits per heavy atom. The molecule has 136 valence electrons. The highest BCUT2D eigenvalue weighted by atomic mass is 16.5. The first-order chi connectivity index (χ1) is 13.2. The first kappa shape index (κ1) is 17.0. The second-order valence-electron chi connectivity index (χ2n) is 6.52. The summed E-state index contributed by atoms with van der Waals surface area (Å²) in [6.07, 6.45) is 6.12. The molecule has 0 aliphatic carbocycles. The molecule has 0 bridgehead atoms. The van der Waals surface area contributed by atoms with Crippen LogP contribution in [0.5, 0.6) is 0 Å². The lowest BCUT2D eigenvalue weighted by Gasteiger charge is -2.03. The van der Waals surface area contributed by atoms with E-state index in [4.69, 9.17) is 10.3 Å². The lowest BCUT2D eigenvalue weighted by molar-refractivity contribution is 0.425. The molecule has 0 amide bonds. The van der Waals surface area contributed by atoms with Crippen molar-refractivity contribution in [3.63, 3.8) is 0 Å². The van der Waals surface area contributed by atoms with Gasteiger partial charge in [0.2, 0.25) is 0 Å². The fraction of sp³-hybridized carbons (Fsp3) is 0.190. The van der Waals surface area contributed by atoms with Gasteiger partial charge in [0.15, 0.2) is 5.76 Å². The Balaban J connectivity index is 1.45. The Morgan fingerprint density at radius 2 is 1.85 bits per heavy atom. The summed E-state index contributed by atoms with van der Waals surface area (Å²) in [6, 6.07) is 14.2. The van der Waals surface area contributed by atoms with Crippen LogP contribution < -0.4 is 5.73 Å². The lowest BCUT2D eigenvalue weighted by Crippen LogP contribution is -1.93. The number of rotatable bonds is 6. The average molecular weight is 359 g/mol. The molecule has 3 aromatic heterocycles. The maximum Gasteiger partial charge on any atom is 0.170 e. The zero-order valence-corrected chi connectivity index (χ0v) is 15.1. The summed E-state index contributed by atoms with van der Waals surface area (Å²) in [6.45, 7) is 2.13. The van der Waals surface area contributed by atoms with E-state index < -0.39 is 0 Å². The van der Waals surface area contributed by atoms with Crippen molar-refractivity contribution in [1.29, 1.82) is 0 Å². The van der Waals surface area contributed by atoms with Crippen molar-refractivity contribution in [1.82, 2.24) is 20.3 Å². The van der Waals surface area contributed by atoms with Crippen LogP contribution in [0.15, 0.2) is 59.4 Å². The van der Waals surface area contributed by atoms with Gasteiger partial charge < -0.3 is 10.3 Å². The summed E-state index contributed by atoms with van der Waals surface area (Å²) >= 11 is 0. The van der Waals surface area contributed by atoms with Crippen LogP contribution in [-0.2, 0) is 19.3 Å². The van der Waals surface area contributed by atoms with Gasteiger partial charge in [0.05, 0.1) is 17.5 Å². The number of nitrogen functional groups attached to an aromatic ring is 1. The lowest BCUT2D eigenvalue weighted by atomic mass is 10.0. The molecule has 0 saturated carbocycles. The van der Waals surface area contributed by atoms with Crippen LogP contribution >= 0.6 is 0 Å². The zero-order chi connectivity index (χ0) is 18.6. The highest BCUT2D eigenvalue weighted by molar-refractivity contribution is 5.69. The number of anilines is 1. The molecule has 3 N–H and O–H groups in total. The summed E-state index contributed by atoms with van der Waals surface area (Å²) in [5.74, 6) is 1.08. The smallest absolute Gasteiger partial charge is 0.170 e. The topological polar surface area (TPSA) is 93.6 Å². The molecule has 6 nitrogen and oxygen atoms in total. The van der Waals surface area contributed by atoms with Crippen LogP contribution in [0.4, 0.5) is 5.82 Å². The summed E-state index contributed by atoms with van der Waals surface area (Å²) in [5.41, 5.74) is 12.4. The van der Waals surface area contributed by atoms with Gasteiger partial charge in [0.1, 0.15) is 5.82 Å². The molecular weight excluding hydrogens is 338 g/mol. The minimum atomic E-state index is 0.440. The minimum Gasteiger partial charge on any atom is -0.383 e. The third kappa shape index (κ3) is 3.74. The van der Waals surface area contributed by atoms with Gasteiger partial charge in [-0.05, 0) is 35.2 Å². The number of H-pyrrole nitrogens is 1. The number of benzene rings is 1. The molecule has 6 heteroatoms. The Labute approximate surface area is 157 Å². The Kier molecular flexibility index (Phi) is 4.70. The van der Waals surface area contributed by atoms with Crippen LogP contribution in [0.1, 0.15) is 35.0 Å².